The van der Waals surface area contributed by atoms with Gasteiger partial charge in [-0.2, -0.15) is 0 Å². The number of halogens is 1. The standard InChI is InChI=1S/C10H14IN/c11-6-9-4-2-1-3-8(9)5-10-7-12-10/h3,7,9-10H,1-2,4-6H2. The zero-order valence-electron chi connectivity index (χ0n) is 7.17. The van der Waals surface area contributed by atoms with Crippen LogP contribution in [0.15, 0.2) is 16.6 Å². The number of aliphatic imine (C=N–C) groups is 1. The molecular formula is C10H14IN. The lowest BCUT2D eigenvalue weighted by atomic mass is 9.86. The maximum absolute atomic E-state index is 4.20. The summed E-state index contributed by atoms with van der Waals surface area (Å²) in [6.45, 7) is 0. The second kappa shape index (κ2) is 3.90. The van der Waals surface area contributed by atoms with Gasteiger partial charge in [0, 0.05) is 10.6 Å². The molecule has 2 heteroatoms. The molecule has 1 nitrogen and oxygen atoms in total. The second-order valence-corrected chi connectivity index (χ2v) is 4.51. The van der Waals surface area contributed by atoms with Crippen LogP contribution >= 0.6 is 22.6 Å². The zero-order chi connectivity index (χ0) is 8.39. The number of hydrogen-bond donors (Lipinski definition) is 0. The Kier molecular flexibility index (Phi) is 2.84. The molecule has 0 spiro atoms. The van der Waals surface area contributed by atoms with Crippen molar-refractivity contribution in [3.05, 3.63) is 11.6 Å². The van der Waals surface area contributed by atoms with Crippen LogP contribution in [0.4, 0.5) is 0 Å². The van der Waals surface area contributed by atoms with Crippen molar-refractivity contribution >= 4 is 28.8 Å². The molecule has 0 saturated heterocycles. The van der Waals surface area contributed by atoms with E-state index in [-0.39, 0.29) is 0 Å². The molecule has 1 aliphatic carbocycles. The molecule has 0 aromatic carbocycles. The smallest absolute Gasteiger partial charge is 0.0880 e. The third-order valence-electron chi connectivity index (χ3n) is 2.68. The van der Waals surface area contributed by atoms with E-state index in [1.807, 2.05) is 0 Å². The topological polar surface area (TPSA) is 12.4 Å². The molecule has 0 fully saturated rings. The average Bonchev–Trinajstić information content (AvgIpc) is 2.89. The van der Waals surface area contributed by atoms with Crippen molar-refractivity contribution in [2.75, 3.05) is 4.43 Å². The maximum atomic E-state index is 4.20. The summed E-state index contributed by atoms with van der Waals surface area (Å²) in [5, 5.41) is 0. The van der Waals surface area contributed by atoms with Gasteiger partial charge in [-0.3, -0.25) is 4.99 Å². The van der Waals surface area contributed by atoms with Crippen LogP contribution in [0.5, 0.6) is 0 Å². The normalized spacial score (nSPS) is 33.2. The summed E-state index contributed by atoms with van der Waals surface area (Å²) in [6.07, 6.45) is 9.83. The molecule has 12 heavy (non-hydrogen) atoms. The summed E-state index contributed by atoms with van der Waals surface area (Å²) in [4.78, 5) is 4.20. The van der Waals surface area contributed by atoms with E-state index in [2.05, 4.69) is 39.9 Å². The van der Waals surface area contributed by atoms with Crippen molar-refractivity contribution < 1.29 is 0 Å². The Bertz CT molecular complexity index is 214. The molecule has 66 valence electrons. The van der Waals surface area contributed by atoms with Crippen LogP contribution in [-0.4, -0.2) is 16.7 Å². The number of rotatable bonds is 3. The van der Waals surface area contributed by atoms with Gasteiger partial charge >= 0.3 is 0 Å². The molecule has 2 unspecified atom stereocenters. The highest BCUT2D eigenvalue weighted by Crippen LogP contribution is 2.31. The molecule has 0 radical (unpaired) electrons. The Morgan fingerprint density at radius 2 is 2.42 bits per heavy atom. The highest BCUT2D eigenvalue weighted by Gasteiger charge is 2.22. The molecule has 0 amide bonds. The second-order valence-electron chi connectivity index (χ2n) is 3.63. The molecule has 2 rings (SSSR count). The lowest BCUT2D eigenvalue weighted by molar-refractivity contribution is 0.544. The van der Waals surface area contributed by atoms with Gasteiger partial charge in [-0.25, -0.2) is 0 Å². The number of hydrogen-bond acceptors (Lipinski definition) is 1. The van der Waals surface area contributed by atoms with E-state index in [0.717, 1.165) is 5.92 Å². The first-order chi connectivity index (χ1) is 5.90. The Balaban J connectivity index is 1.93. The van der Waals surface area contributed by atoms with Crippen molar-refractivity contribution in [2.24, 2.45) is 10.9 Å². The van der Waals surface area contributed by atoms with Gasteiger partial charge in [0.15, 0.2) is 0 Å². The van der Waals surface area contributed by atoms with Gasteiger partial charge in [0.05, 0.1) is 6.04 Å². The van der Waals surface area contributed by atoms with Gasteiger partial charge < -0.3 is 0 Å². The van der Waals surface area contributed by atoms with Crippen LogP contribution < -0.4 is 0 Å². The lowest BCUT2D eigenvalue weighted by Crippen LogP contribution is -2.11. The Morgan fingerprint density at radius 3 is 3.08 bits per heavy atom. The fourth-order valence-electron chi connectivity index (χ4n) is 1.84. The van der Waals surface area contributed by atoms with E-state index in [0.29, 0.717) is 6.04 Å². The summed E-state index contributed by atoms with van der Waals surface area (Å²) >= 11 is 2.51. The minimum atomic E-state index is 0.583. The maximum Gasteiger partial charge on any atom is 0.0880 e. The van der Waals surface area contributed by atoms with Gasteiger partial charge in [0.25, 0.3) is 0 Å². The van der Waals surface area contributed by atoms with Crippen LogP contribution in [0, 0.1) is 5.92 Å². The van der Waals surface area contributed by atoms with Crippen LogP contribution in [0.1, 0.15) is 25.7 Å². The third-order valence-corrected chi connectivity index (χ3v) is 3.74. The lowest BCUT2D eigenvalue weighted by Gasteiger charge is -2.21. The van der Waals surface area contributed by atoms with Crippen LogP contribution in [-0.2, 0) is 0 Å². The molecule has 0 saturated carbocycles. The predicted molar refractivity (Wildman–Crippen MR) is 61.2 cm³/mol. The van der Waals surface area contributed by atoms with Crippen molar-refractivity contribution in [1.82, 2.24) is 0 Å². The summed E-state index contributed by atoms with van der Waals surface area (Å²) in [5.41, 5.74) is 1.68. The van der Waals surface area contributed by atoms with Crippen LogP contribution in [0.2, 0.25) is 0 Å². The van der Waals surface area contributed by atoms with Crippen molar-refractivity contribution in [1.29, 1.82) is 0 Å². The molecule has 2 atom stereocenters. The minimum Gasteiger partial charge on any atom is -0.286 e. The molecule has 1 heterocycles. The molecule has 0 bridgehead atoms. The first kappa shape index (κ1) is 8.73. The molecule has 2 aliphatic rings. The monoisotopic (exact) mass is 275 g/mol. The fourth-order valence-corrected chi connectivity index (χ4v) is 2.84. The first-order valence-corrected chi connectivity index (χ1v) is 6.21. The zero-order valence-corrected chi connectivity index (χ0v) is 9.33. The van der Waals surface area contributed by atoms with Gasteiger partial charge in [0.1, 0.15) is 0 Å². The molecule has 1 aliphatic heterocycles. The van der Waals surface area contributed by atoms with E-state index in [9.17, 15) is 0 Å². The SMILES string of the molecule is ICC1CCCC=C1CC1C=N1. The summed E-state index contributed by atoms with van der Waals surface area (Å²) in [5.74, 6) is 0.864. The molecule has 0 aromatic rings. The minimum absolute atomic E-state index is 0.583. The van der Waals surface area contributed by atoms with Crippen LogP contribution in [0.25, 0.3) is 0 Å². The van der Waals surface area contributed by atoms with Crippen LogP contribution in [0.3, 0.4) is 0 Å². The number of alkyl halides is 1. The largest absolute Gasteiger partial charge is 0.286 e. The third kappa shape index (κ3) is 2.09. The Morgan fingerprint density at radius 1 is 1.58 bits per heavy atom. The number of nitrogens with zero attached hydrogens (tertiary/aromatic N) is 1. The molecule has 0 aromatic heterocycles. The first-order valence-electron chi connectivity index (χ1n) is 4.68. The van der Waals surface area contributed by atoms with Gasteiger partial charge in [-0.05, 0) is 31.6 Å². The Labute approximate surface area is 87.5 Å². The van der Waals surface area contributed by atoms with E-state index >= 15 is 0 Å². The highest BCUT2D eigenvalue weighted by atomic mass is 127. The molecule has 0 N–H and O–H groups in total. The van der Waals surface area contributed by atoms with E-state index in [1.54, 1.807) is 5.57 Å². The summed E-state index contributed by atoms with van der Waals surface area (Å²) < 4.78 is 1.29. The number of allylic oxidation sites excluding steroid dienone is 1. The van der Waals surface area contributed by atoms with E-state index < -0.39 is 0 Å². The highest BCUT2D eigenvalue weighted by molar-refractivity contribution is 14.1. The van der Waals surface area contributed by atoms with E-state index in [4.69, 9.17) is 0 Å². The quantitative estimate of drug-likeness (QED) is 0.426. The average molecular weight is 275 g/mol. The van der Waals surface area contributed by atoms with Crippen molar-refractivity contribution in [3.63, 3.8) is 0 Å². The van der Waals surface area contributed by atoms with Gasteiger partial charge in [0.2, 0.25) is 0 Å². The fraction of sp³-hybridized carbons (Fsp3) is 0.700. The van der Waals surface area contributed by atoms with Crippen molar-refractivity contribution in [3.8, 4) is 0 Å². The van der Waals surface area contributed by atoms with Crippen molar-refractivity contribution in [2.45, 2.75) is 31.7 Å². The summed E-state index contributed by atoms with van der Waals surface area (Å²) in [7, 11) is 0. The summed E-state index contributed by atoms with van der Waals surface area (Å²) in [6, 6.07) is 0.583. The molecular weight excluding hydrogens is 261 g/mol. The van der Waals surface area contributed by atoms with Gasteiger partial charge in [-0.1, -0.05) is 34.2 Å². The predicted octanol–water partition coefficient (Wildman–Crippen LogP) is 2.99. The van der Waals surface area contributed by atoms with E-state index in [1.165, 1.54) is 30.1 Å². The Hall–Kier alpha value is 0.140. The van der Waals surface area contributed by atoms with Gasteiger partial charge in [-0.15, -0.1) is 0 Å².